The van der Waals surface area contributed by atoms with Crippen LogP contribution in [0, 0.1) is 50.2 Å². The van der Waals surface area contributed by atoms with E-state index in [2.05, 4.69) is 0 Å². The zero-order valence-corrected chi connectivity index (χ0v) is 64.8. The van der Waals surface area contributed by atoms with E-state index < -0.39 is 329 Å². The van der Waals surface area contributed by atoms with Crippen molar-refractivity contribution in [2.24, 2.45) is 50.2 Å². The number of carbonyl (C=O) groups is 4. The fourth-order valence-corrected chi connectivity index (χ4v) is 21.1. The van der Waals surface area contributed by atoms with Crippen molar-refractivity contribution in [1.29, 1.82) is 0 Å². The molecule has 42 atom stereocenters. The average molecular weight is 1650 g/mol. The van der Waals surface area contributed by atoms with Crippen LogP contribution in [0.4, 0.5) is 0 Å². The van der Waals surface area contributed by atoms with E-state index in [9.17, 15) is 117 Å². The number of hydrogen-bond acceptors (Lipinski definition) is 39. The third kappa shape index (κ3) is 15.5. The molecule has 0 radical (unpaired) electrons. The summed E-state index contributed by atoms with van der Waals surface area (Å²) in [5.41, 5.74) is -8.69. The van der Waals surface area contributed by atoms with E-state index in [1.165, 1.54) is 20.8 Å². The van der Waals surface area contributed by atoms with Gasteiger partial charge in [0.15, 0.2) is 56.1 Å². The molecule has 0 aromatic carbocycles. The van der Waals surface area contributed by atoms with E-state index in [1.807, 2.05) is 33.8 Å². The molecule has 7 saturated heterocycles. The van der Waals surface area contributed by atoms with E-state index in [0.717, 1.165) is 19.4 Å². The predicted octanol–water partition coefficient (Wildman–Crippen LogP) is -7.08. The second-order valence-corrected chi connectivity index (χ2v) is 34.9. The van der Waals surface area contributed by atoms with E-state index in [-0.39, 0.29) is 44.9 Å². The lowest BCUT2D eigenvalue weighted by atomic mass is 9.33. The second kappa shape index (κ2) is 34.0. The minimum Gasteiger partial charge on any atom is -0.481 e. The zero-order valence-electron chi connectivity index (χ0n) is 64.8. The van der Waals surface area contributed by atoms with Crippen molar-refractivity contribution in [2.45, 2.75) is 328 Å². The molecule has 12 rings (SSSR count). The Morgan fingerprint density at radius 3 is 1.59 bits per heavy atom. The lowest BCUT2D eigenvalue weighted by Crippen LogP contribution is -2.71. The van der Waals surface area contributed by atoms with E-state index in [0.29, 0.717) is 12.8 Å². The van der Waals surface area contributed by atoms with Crippen molar-refractivity contribution >= 4 is 23.9 Å². The predicted molar refractivity (Wildman–Crippen MR) is 370 cm³/mol. The third-order valence-corrected chi connectivity index (χ3v) is 27.6. The monoisotopic (exact) mass is 1640 g/mol. The first kappa shape index (κ1) is 89.6. The normalized spacial score (nSPS) is 52.1. The maximum absolute atomic E-state index is 16.2. The zero-order chi connectivity index (χ0) is 83.5. The van der Waals surface area contributed by atoms with E-state index >= 15 is 4.79 Å². The van der Waals surface area contributed by atoms with E-state index in [1.54, 1.807) is 0 Å². The molecule has 40 nitrogen and oxygen atoms in total. The standard InChI is InChI=1S/C74H116O40/c1-27-51(109-59-47(90)43(86)37(23-99-59)108-60-48(91)44(87)40(83)34(20-75)105-60)53(110-65-57(94)74(98,25-79)26-100-65)50(93)62(101-27)112-56-55(104-30(4)81)52(103-29(3)80)28(2)102-64(56)114-67(97)72-15-14-68(5,6)18-32(72)31-10-11-38-69(7)19-33(82)58(71(9,66(95)96)39(69)12-13-70(38,8)73(31,24-78)17-16-72)113-63-54(46(89)42(85)36(22-77)107-63)111-61-49(92)45(88)41(84)35(21-76)106-61/h10,27-28,32-65,75-79,82-94,98H,11-26H2,1-9H3,(H,95,96)/t27-,28+,32-,33-,34+,35+,36+,37+,38+,39+,40-,41+,42+,43-,44-,45-,46-,47+,48+,49+,50+,51-,52-,53-,54+,55-,56+,57-,58-,59-,60-,61-,62-,63-,64-,65-,69+,70+,71-,72-,73-,74+/m0/s1. The van der Waals surface area contributed by atoms with Crippen LogP contribution in [-0.2, 0) is 95.0 Å². The second-order valence-electron chi connectivity index (χ2n) is 34.9. The number of fused-ring (bicyclic) bond motifs is 7. The molecule has 20 N–H and O–H groups in total. The molecule has 5 aliphatic carbocycles. The molecule has 0 amide bonds. The fourth-order valence-electron chi connectivity index (χ4n) is 21.1. The quantitative estimate of drug-likeness (QED) is 0.0207. The van der Waals surface area contributed by atoms with Gasteiger partial charge in [-0.1, -0.05) is 39.3 Å². The third-order valence-electron chi connectivity index (χ3n) is 27.6. The first-order valence-electron chi connectivity index (χ1n) is 39.1. The summed E-state index contributed by atoms with van der Waals surface area (Å²) < 4.78 is 96.8. The first-order valence-corrected chi connectivity index (χ1v) is 39.1. The number of ether oxygens (including phenoxy) is 16. The van der Waals surface area contributed by atoms with Gasteiger partial charge in [0.05, 0.1) is 75.4 Å². The number of carbonyl (C=O) groups excluding carboxylic acids is 3. The Morgan fingerprint density at radius 1 is 0.482 bits per heavy atom. The van der Waals surface area contributed by atoms with Crippen LogP contribution >= 0.6 is 0 Å². The lowest BCUT2D eigenvalue weighted by molar-refractivity contribution is -0.388. The number of rotatable bonds is 22. The topological polar surface area (TPSA) is 621 Å². The van der Waals surface area contributed by atoms with Gasteiger partial charge >= 0.3 is 23.9 Å². The summed E-state index contributed by atoms with van der Waals surface area (Å²) in [7, 11) is 0. The molecule has 7 heterocycles. The summed E-state index contributed by atoms with van der Waals surface area (Å²) in [6, 6.07) is 0. The summed E-state index contributed by atoms with van der Waals surface area (Å²) >= 11 is 0. The molecule has 0 aromatic heterocycles. The van der Waals surface area contributed by atoms with Gasteiger partial charge in [-0.05, 0) is 113 Å². The van der Waals surface area contributed by atoms with Crippen LogP contribution in [0.25, 0.3) is 0 Å². The van der Waals surface area contributed by atoms with Crippen LogP contribution in [0.5, 0.6) is 0 Å². The lowest BCUT2D eigenvalue weighted by Gasteiger charge is -2.71. The minimum atomic E-state index is -2.32. The number of aliphatic hydroxyl groups excluding tert-OH is 18. The molecule has 7 aliphatic heterocycles. The SMILES string of the molecule is CC(=O)O[C@H]1[C@@H](OC(C)=O)[C@@H](C)O[C@@H](OC(=O)[C@]23CCC(C)(C)C[C@H]2C2=CC[C@@H]4[C@@]5(C)C[C@H](O)[C@H](O[C@@H]6O[C@H](CO)[C@@H](O)[C@H](O)[C@H]6O[C@@H]6O[C@H](CO)[C@@H](O)[C@H](O)[C@H]6O)[C@@](C)(C(=O)O)[C@@H]5CC[C@@]4(C)[C@]2(CO)CC3)[C@@H]1O[C@@H]1O[C@@H](C)[C@H](O[C@@H]2OC[C@@H](O[C@@H]3O[C@H](CO)[C@H](O)[C@H](O)[C@H]3O)[C@H](O)[C@H]2O)[C@@H](O[C@@H]2OC[C@](O)(CO)[C@H]2O)[C@H]1O. The van der Waals surface area contributed by atoms with Crippen molar-refractivity contribution in [3.05, 3.63) is 11.6 Å². The molecule has 40 heteroatoms. The number of aliphatic carboxylic acids is 1. The van der Waals surface area contributed by atoms with Crippen molar-refractivity contribution in [3.63, 3.8) is 0 Å². The molecule has 0 aromatic rings. The van der Waals surface area contributed by atoms with Gasteiger partial charge in [0.25, 0.3) is 0 Å². The Hall–Kier alpha value is -3.66. The van der Waals surface area contributed by atoms with E-state index in [4.69, 9.17) is 75.8 Å². The first-order chi connectivity index (χ1) is 53.5. The summed E-state index contributed by atoms with van der Waals surface area (Å²) in [6.07, 6.45) is -56.1. The highest BCUT2D eigenvalue weighted by Crippen LogP contribution is 2.76. The van der Waals surface area contributed by atoms with Crippen LogP contribution in [0.2, 0.25) is 0 Å². The van der Waals surface area contributed by atoms with Crippen LogP contribution in [-0.4, -0.2) is 381 Å². The smallest absolute Gasteiger partial charge is 0.315 e. The summed E-state index contributed by atoms with van der Waals surface area (Å²) in [5.74, 6) is -6.16. The summed E-state index contributed by atoms with van der Waals surface area (Å²) in [6.45, 7) is 8.88. The maximum atomic E-state index is 16.2. The molecule has 11 fully saturated rings. The number of esters is 3. The highest BCUT2D eigenvalue weighted by Gasteiger charge is 2.75. The number of aliphatic hydroxyl groups is 19. The molecule has 4 saturated carbocycles. The number of carboxylic acid groups (broad SMARTS) is 1. The largest absolute Gasteiger partial charge is 0.481 e. The Labute approximate surface area is 655 Å². The maximum Gasteiger partial charge on any atom is 0.315 e. The molecular weight excluding hydrogens is 1530 g/mol. The highest BCUT2D eigenvalue weighted by molar-refractivity contribution is 5.79. The summed E-state index contributed by atoms with van der Waals surface area (Å²) in [5, 5.41) is 221. The molecular formula is C74H116O40. The molecule has 114 heavy (non-hydrogen) atoms. The molecule has 652 valence electrons. The van der Waals surface area contributed by atoms with Crippen molar-refractivity contribution in [1.82, 2.24) is 0 Å². The van der Waals surface area contributed by atoms with Gasteiger partial charge in [-0.2, -0.15) is 0 Å². The average Bonchev–Trinajstić information content (AvgIpc) is 0.714. The van der Waals surface area contributed by atoms with Crippen molar-refractivity contribution in [3.8, 4) is 0 Å². The van der Waals surface area contributed by atoms with Gasteiger partial charge in [-0.3, -0.25) is 19.2 Å². The van der Waals surface area contributed by atoms with Crippen LogP contribution < -0.4 is 0 Å². The van der Waals surface area contributed by atoms with Gasteiger partial charge in [0, 0.05) is 19.3 Å². The Bertz CT molecular complexity index is 3390. The van der Waals surface area contributed by atoms with Gasteiger partial charge in [-0.25, -0.2) is 0 Å². The molecule has 0 unspecified atom stereocenters. The molecule has 0 spiro atoms. The van der Waals surface area contributed by atoms with Gasteiger partial charge in [0.2, 0.25) is 6.29 Å². The van der Waals surface area contributed by atoms with Gasteiger partial charge in [-0.15, -0.1) is 0 Å². The van der Waals surface area contributed by atoms with Crippen LogP contribution in [0.1, 0.15) is 120 Å². The van der Waals surface area contributed by atoms with Crippen LogP contribution in [0.3, 0.4) is 0 Å². The number of allylic oxidation sites excluding steroid dienone is 1. The summed E-state index contributed by atoms with van der Waals surface area (Å²) in [4.78, 5) is 57.0. The molecule has 0 bridgehead atoms. The molecule has 12 aliphatic rings. The van der Waals surface area contributed by atoms with Crippen LogP contribution in [0.15, 0.2) is 11.6 Å². The minimum absolute atomic E-state index is 0.0594. The fraction of sp³-hybridized carbons (Fsp3) is 0.919. The number of carboxylic acids is 1. The number of hydrogen-bond donors (Lipinski definition) is 20. The Kier molecular flexibility index (Phi) is 26.7. The van der Waals surface area contributed by atoms with Gasteiger partial charge in [0.1, 0.15) is 128 Å². The Balaban J connectivity index is 0.828. The highest BCUT2D eigenvalue weighted by atomic mass is 16.8. The van der Waals surface area contributed by atoms with Gasteiger partial charge < -0.3 is 178 Å². The van der Waals surface area contributed by atoms with Crippen molar-refractivity contribution < 1.29 is 197 Å². The van der Waals surface area contributed by atoms with Crippen molar-refractivity contribution in [2.75, 3.05) is 46.2 Å². The Morgan fingerprint density at radius 2 is 1.01 bits per heavy atom.